The standard InChI is InChI=1S/C16H17F2N3O2/c1-4-16(2,3)13(21-15(22)23)14-19-8-12(20-14)10-7-9(17)5-6-11(10)18/h4-8,13,21H,1H2,2-3H3,(H,19,20)(H,22,23)/t13-/m0/s1. The largest absolute Gasteiger partial charge is 0.465 e. The van der Waals surface area contributed by atoms with Crippen molar-refractivity contribution < 1.29 is 18.7 Å². The summed E-state index contributed by atoms with van der Waals surface area (Å²) < 4.78 is 27.1. The van der Waals surface area contributed by atoms with Gasteiger partial charge >= 0.3 is 6.09 Å². The van der Waals surface area contributed by atoms with Crippen LogP contribution in [-0.4, -0.2) is 21.2 Å². The van der Waals surface area contributed by atoms with Gasteiger partial charge in [-0.3, -0.25) is 0 Å². The molecule has 0 saturated carbocycles. The van der Waals surface area contributed by atoms with Gasteiger partial charge in [-0.1, -0.05) is 19.9 Å². The second-order valence-electron chi connectivity index (χ2n) is 5.71. The molecule has 0 aliphatic carbocycles. The zero-order valence-electron chi connectivity index (χ0n) is 12.7. The van der Waals surface area contributed by atoms with Gasteiger partial charge in [0.2, 0.25) is 0 Å². The number of halogens is 2. The minimum Gasteiger partial charge on any atom is -0.465 e. The number of nitrogens with one attached hydrogen (secondary N) is 2. The molecule has 1 atom stereocenters. The van der Waals surface area contributed by atoms with Gasteiger partial charge in [-0.25, -0.2) is 18.6 Å². The Kier molecular flexibility index (Phi) is 4.49. The second-order valence-corrected chi connectivity index (χ2v) is 5.71. The van der Waals surface area contributed by atoms with Gasteiger partial charge in [0, 0.05) is 11.0 Å². The fourth-order valence-electron chi connectivity index (χ4n) is 2.17. The SMILES string of the molecule is C=CC(C)(C)[C@@H](NC(=O)O)c1ncc(-c2cc(F)ccc2F)[nH]1. The van der Waals surface area contributed by atoms with E-state index in [1.165, 1.54) is 6.20 Å². The molecule has 122 valence electrons. The maximum atomic E-state index is 13.8. The van der Waals surface area contributed by atoms with Gasteiger partial charge in [0.05, 0.1) is 17.9 Å². The van der Waals surface area contributed by atoms with E-state index in [9.17, 15) is 13.6 Å². The molecule has 3 N–H and O–H groups in total. The van der Waals surface area contributed by atoms with Gasteiger partial charge in [-0.05, 0) is 18.2 Å². The monoisotopic (exact) mass is 321 g/mol. The van der Waals surface area contributed by atoms with Crippen molar-refractivity contribution in [1.82, 2.24) is 15.3 Å². The number of carboxylic acid groups (broad SMARTS) is 1. The van der Waals surface area contributed by atoms with E-state index in [-0.39, 0.29) is 17.1 Å². The first-order chi connectivity index (χ1) is 10.7. The third-order valence-electron chi connectivity index (χ3n) is 3.63. The summed E-state index contributed by atoms with van der Waals surface area (Å²) in [6, 6.07) is 2.37. The number of nitrogens with zero attached hydrogens (tertiary/aromatic N) is 1. The Balaban J connectivity index is 2.44. The smallest absolute Gasteiger partial charge is 0.405 e. The third kappa shape index (κ3) is 3.56. The highest BCUT2D eigenvalue weighted by Crippen LogP contribution is 2.34. The summed E-state index contributed by atoms with van der Waals surface area (Å²) in [6.07, 6.45) is 1.71. The molecule has 1 aromatic carbocycles. The Labute approximate surface area is 132 Å². The Morgan fingerprint density at radius 3 is 2.78 bits per heavy atom. The predicted octanol–water partition coefficient (Wildman–Crippen LogP) is 3.88. The van der Waals surface area contributed by atoms with Crippen LogP contribution in [0.5, 0.6) is 0 Å². The number of aromatic amines is 1. The third-order valence-corrected chi connectivity index (χ3v) is 3.63. The van der Waals surface area contributed by atoms with E-state index in [1.54, 1.807) is 19.9 Å². The molecule has 23 heavy (non-hydrogen) atoms. The summed E-state index contributed by atoms with van der Waals surface area (Å²) in [5.41, 5.74) is -0.364. The van der Waals surface area contributed by atoms with Crippen molar-refractivity contribution in [2.24, 2.45) is 5.41 Å². The molecule has 7 heteroatoms. The first-order valence-corrected chi connectivity index (χ1v) is 6.88. The summed E-state index contributed by atoms with van der Waals surface area (Å²) in [5, 5.41) is 11.4. The van der Waals surface area contributed by atoms with Crippen molar-refractivity contribution in [3.8, 4) is 11.3 Å². The van der Waals surface area contributed by atoms with Gasteiger partial charge in [0.1, 0.15) is 17.5 Å². The number of rotatable bonds is 5. The van der Waals surface area contributed by atoms with Crippen LogP contribution in [0.25, 0.3) is 11.3 Å². The van der Waals surface area contributed by atoms with Gasteiger partial charge in [0.15, 0.2) is 0 Å². The number of benzene rings is 1. The van der Waals surface area contributed by atoms with E-state index in [0.29, 0.717) is 0 Å². The molecule has 2 aromatic rings. The van der Waals surface area contributed by atoms with Crippen molar-refractivity contribution in [3.05, 3.63) is 54.5 Å². The van der Waals surface area contributed by atoms with Crippen LogP contribution in [0.2, 0.25) is 0 Å². The molecule has 0 spiro atoms. The molecular formula is C16H17F2N3O2. The molecule has 1 aromatic heterocycles. The lowest BCUT2D eigenvalue weighted by Gasteiger charge is -2.29. The average Bonchev–Trinajstić information content (AvgIpc) is 2.96. The van der Waals surface area contributed by atoms with Crippen LogP contribution in [0.15, 0.2) is 37.1 Å². The number of aromatic nitrogens is 2. The molecule has 0 unspecified atom stereocenters. The van der Waals surface area contributed by atoms with Crippen LogP contribution in [0.1, 0.15) is 25.7 Å². The first-order valence-electron chi connectivity index (χ1n) is 6.88. The maximum Gasteiger partial charge on any atom is 0.405 e. The Morgan fingerprint density at radius 1 is 1.48 bits per heavy atom. The average molecular weight is 321 g/mol. The minimum absolute atomic E-state index is 0.0224. The molecular weight excluding hydrogens is 304 g/mol. The van der Waals surface area contributed by atoms with E-state index in [0.717, 1.165) is 18.2 Å². The van der Waals surface area contributed by atoms with E-state index < -0.39 is 29.2 Å². The van der Waals surface area contributed by atoms with Crippen molar-refractivity contribution >= 4 is 6.09 Å². The van der Waals surface area contributed by atoms with Crippen LogP contribution in [0.4, 0.5) is 13.6 Å². The number of imidazole rings is 1. The molecule has 2 rings (SSSR count). The zero-order valence-corrected chi connectivity index (χ0v) is 12.7. The summed E-state index contributed by atoms with van der Waals surface area (Å²) in [6.45, 7) is 7.26. The van der Waals surface area contributed by atoms with Crippen LogP contribution >= 0.6 is 0 Å². The molecule has 1 amide bonds. The number of amides is 1. The summed E-state index contributed by atoms with van der Waals surface area (Å²) in [5.74, 6) is -0.896. The van der Waals surface area contributed by atoms with Crippen LogP contribution in [0.3, 0.4) is 0 Å². The summed E-state index contributed by atoms with van der Waals surface area (Å²) in [4.78, 5) is 18.0. The quantitative estimate of drug-likeness (QED) is 0.731. The topological polar surface area (TPSA) is 78.0 Å². The number of H-pyrrole nitrogens is 1. The molecule has 0 bridgehead atoms. The lowest BCUT2D eigenvalue weighted by molar-refractivity contribution is 0.178. The van der Waals surface area contributed by atoms with Gasteiger partial charge in [-0.2, -0.15) is 0 Å². The molecule has 5 nitrogen and oxygen atoms in total. The lowest BCUT2D eigenvalue weighted by Crippen LogP contribution is -2.37. The maximum absolute atomic E-state index is 13.8. The Bertz CT molecular complexity index is 741. The van der Waals surface area contributed by atoms with Crippen LogP contribution < -0.4 is 5.32 Å². The number of carbonyl (C=O) groups is 1. The van der Waals surface area contributed by atoms with Crippen molar-refractivity contribution in [2.45, 2.75) is 19.9 Å². The van der Waals surface area contributed by atoms with Gasteiger partial charge in [0.25, 0.3) is 0 Å². The van der Waals surface area contributed by atoms with E-state index in [4.69, 9.17) is 5.11 Å². The van der Waals surface area contributed by atoms with E-state index >= 15 is 0 Å². The zero-order chi connectivity index (χ0) is 17.2. The molecule has 0 aliphatic rings. The lowest BCUT2D eigenvalue weighted by atomic mass is 9.84. The first kappa shape index (κ1) is 16.7. The number of hydrogen-bond donors (Lipinski definition) is 3. The molecule has 0 radical (unpaired) electrons. The highest BCUT2D eigenvalue weighted by Gasteiger charge is 2.32. The summed E-state index contributed by atoms with van der Waals surface area (Å²) in [7, 11) is 0. The Hall–Kier alpha value is -2.70. The van der Waals surface area contributed by atoms with Crippen molar-refractivity contribution in [2.75, 3.05) is 0 Å². The predicted molar refractivity (Wildman–Crippen MR) is 81.8 cm³/mol. The van der Waals surface area contributed by atoms with Gasteiger partial charge < -0.3 is 15.4 Å². The molecule has 0 aliphatic heterocycles. The highest BCUT2D eigenvalue weighted by atomic mass is 19.1. The van der Waals surface area contributed by atoms with Crippen LogP contribution in [-0.2, 0) is 0 Å². The normalized spacial score (nSPS) is 12.7. The number of hydrogen-bond acceptors (Lipinski definition) is 2. The fraction of sp³-hybridized carbons (Fsp3) is 0.250. The molecule has 1 heterocycles. The second kappa shape index (κ2) is 6.20. The van der Waals surface area contributed by atoms with E-state index in [1.807, 2.05) is 0 Å². The van der Waals surface area contributed by atoms with E-state index in [2.05, 4.69) is 21.9 Å². The highest BCUT2D eigenvalue weighted by molar-refractivity contribution is 5.65. The van der Waals surface area contributed by atoms with Crippen molar-refractivity contribution in [1.29, 1.82) is 0 Å². The molecule has 0 fully saturated rings. The Morgan fingerprint density at radius 2 is 2.17 bits per heavy atom. The molecule has 0 saturated heterocycles. The van der Waals surface area contributed by atoms with Crippen LogP contribution in [0, 0.1) is 17.0 Å². The van der Waals surface area contributed by atoms with Crippen molar-refractivity contribution in [3.63, 3.8) is 0 Å². The summed E-state index contributed by atoms with van der Waals surface area (Å²) >= 11 is 0. The minimum atomic E-state index is -1.22. The van der Waals surface area contributed by atoms with Gasteiger partial charge in [-0.15, -0.1) is 6.58 Å². The fourth-order valence-corrected chi connectivity index (χ4v) is 2.17.